The van der Waals surface area contributed by atoms with Crippen LogP contribution in [0.15, 0.2) is 24.3 Å². The SMILES string of the molecule is CCN(CC)Cc1ccccc1CC(=O)OC. The first-order valence-corrected chi connectivity index (χ1v) is 6.07. The lowest BCUT2D eigenvalue weighted by Gasteiger charge is -2.19. The maximum absolute atomic E-state index is 11.3. The number of carbonyl (C=O) groups is 1. The molecule has 94 valence electrons. The van der Waals surface area contributed by atoms with E-state index in [2.05, 4.69) is 24.8 Å². The van der Waals surface area contributed by atoms with E-state index in [4.69, 9.17) is 4.74 Å². The molecule has 0 aliphatic rings. The quantitative estimate of drug-likeness (QED) is 0.708. The number of hydrogen-bond acceptors (Lipinski definition) is 3. The number of nitrogens with zero attached hydrogens (tertiary/aromatic N) is 1. The van der Waals surface area contributed by atoms with E-state index in [-0.39, 0.29) is 5.97 Å². The van der Waals surface area contributed by atoms with Gasteiger partial charge in [-0.3, -0.25) is 9.69 Å². The van der Waals surface area contributed by atoms with Crippen LogP contribution >= 0.6 is 0 Å². The largest absolute Gasteiger partial charge is 0.469 e. The van der Waals surface area contributed by atoms with Crippen LogP contribution in [0, 0.1) is 0 Å². The Balaban J connectivity index is 2.80. The number of rotatable bonds is 6. The van der Waals surface area contributed by atoms with Crippen LogP contribution in [0.5, 0.6) is 0 Å². The smallest absolute Gasteiger partial charge is 0.309 e. The Hall–Kier alpha value is -1.35. The third-order valence-corrected chi connectivity index (χ3v) is 2.97. The Morgan fingerprint density at radius 3 is 2.29 bits per heavy atom. The van der Waals surface area contributed by atoms with Gasteiger partial charge < -0.3 is 4.74 Å². The molecule has 0 fully saturated rings. The lowest BCUT2D eigenvalue weighted by atomic mass is 10.0. The van der Waals surface area contributed by atoms with Gasteiger partial charge in [-0.25, -0.2) is 0 Å². The van der Waals surface area contributed by atoms with Gasteiger partial charge in [-0.2, -0.15) is 0 Å². The summed E-state index contributed by atoms with van der Waals surface area (Å²) in [4.78, 5) is 13.7. The minimum atomic E-state index is -0.183. The molecule has 3 heteroatoms. The zero-order valence-electron chi connectivity index (χ0n) is 10.9. The van der Waals surface area contributed by atoms with Gasteiger partial charge in [0.2, 0.25) is 0 Å². The predicted molar refractivity (Wildman–Crippen MR) is 68.8 cm³/mol. The second-order valence-corrected chi connectivity index (χ2v) is 3.98. The molecule has 0 radical (unpaired) electrons. The van der Waals surface area contributed by atoms with Crippen molar-refractivity contribution in [3.05, 3.63) is 35.4 Å². The molecule has 0 bridgehead atoms. The van der Waals surface area contributed by atoms with Crippen molar-refractivity contribution in [2.75, 3.05) is 20.2 Å². The Morgan fingerprint density at radius 1 is 1.18 bits per heavy atom. The van der Waals surface area contributed by atoms with E-state index >= 15 is 0 Å². The fourth-order valence-electron chi connectivity index (χ4n) is 1.80. The zero-order chi connectivity index (χ0) is 12.7. The molecule has 0 amide bonds. The number of carbonyl (C=O) groups excluding carboxylic acids is 1. The van der Waals surface area contributed by atoms with Crippen molar-refractivity contribution in [2.45, 2.75) is 26.8 Å². The highest BCUT2D eigenvalue weighted by molar-refractivity contribution is 5.72. The third kappa shape index (κ3) is 4.19. The first kappa shape index (κ1) is 13.7. The normalized spacial score (nSPS) is 10.6. The highest BCUT2D eigenvalue weighted by Crippen LogP contribution is 2.12. The molecule has 0 saturated heterocycles. The van der Waals surface area contributed by atoms with Crippen molar-refractivity contribution in [1.29, 1.82) is 0 Å². The van der Waals surface area contributed by atoms with Gasteiger partial charge in [0.25, 0.3) is 0 Å². The lowest BCUT2D eigenvalue weighted by Crippen LogP contribution is -2.23. The highest BCUT2D eigenvalue weighted by Gasteiger charge is 2.09. The van der Waals surface area contributed by atoms with Crippen molar-refractivity contribution in [3.8, 4) is 0 Å². The molecule has 3 nitrogen and oxygen atoms in total. The van der Waals surface area contributed by atoms with Crippen LogP contribution in [0.1, 0.15) is 25.0 Å². The van der Waals surface area contributed by atoms with Crippen LogP contribution in [0.2, 0.25) is 0 Å². The van der Waals surface area contributed by atoms with E-state index in [1.807, 2.05) is 18.2 Å². The Kier molecular flexibility index (Phi) is 5.70. The number of methoxy groups -OCH3 is 1. The summed E-state index contributed by atoms with van der Waals surface area (Å²) in [6.07, 6.45) is 0.355. The van der Waals surface area contributed by atoms with E-state index < -0.39 is 0 Å². The predicted octanol–water partition coefficient (Wildman–Crippen LogP) is 2.24. The number of esters is 1. The van der Waals surface area contributed by atoms with Gasteiger partial charge in [0, 0.05) is 6.54 Å². The van der Waals surface area contributed by atoms with E-state index in [1.54, 1.807) is 0 Å². The summed E-state index contributed by atoms with van der Waals surface area (Å²) < 4.78 is 4.71. The number of hydrogen-bond donors (Lipinski definition) is 0. The molecule has 0 unspecified atom stereocenters. The molecule has 0 aliphatic carbocycles. The van der Waals surface area contributed by atoms with Gasteiger partial charge in [0.05, 0.1) is 13.5 Å². The second-order valence-electron chi connectivity index (χ2n) is 3.98. The third-order valence-electron chi connectivity index (χ3n) is 2.97. The van der Waals surface area contributed by atoms with Crippen LogP contribution in [0.3, 0.4) is 0 Å². The molecule has 0 aliphatic heterocycles. The van der Waals surface area contributed by atoms with E-state index in [1.165, 1.54) is 12.7 Å². The maximum atomic E-state index is 11.3. The van der Waals surface area contributed by atoms with E-state index in [0.717, 1.165) is 25.2 Å². The van der Waals surface area contributed by atoms with Crippen molar-refractivity contribution >= 4 is 5.97 Å². The fraction of sp³-hybridized carbons (Fsp3) is 0.500. The molecular weight excluding hydrogens is 214 g/mol. The van der Waals surface area contributed by atoms with Gasteiger partial charge in [0.1, 0.15) is 0 Å². The monoisotopic (exact) mass is 235 g/mol. The van der Waals surface area contributed by atoms with Crippen molar-refractivity contribution in [1.82, 2.24) is 4.90 Å². The van der Waals surface area contributed by atoms with E-state index in [9.17, 15) is 4.79 Å². The van der Waals surface area contributed by atoms with Gasteiger partial charge in [-0.15, -0.1) is 0 Å². The standard InChI is InChI=1S/C14H21NO2/c1-4-15(5-2)11-13-9-7-6-8-12(13)10-14(16)17-3/h6-9H,4-5,10-11H2,1-3H3. The van der Waals surface area contributed by atoms with Crippen molar-refractivity contribution < 1.29 is 9.53 Å². The molecule has 1 aromatic rings. The summed E-state index contributed by atoms with van der Waals surface area (Å²) in [5, 5.41) is 0. The van der Waals surface area contributed by atoms with Crippen LogP contribution < -0.4 is 0 Å². The van der Waals surface area contributed by atoms with Gasteiger partial charge in [-0.1, -0.05) is 38.1 Å². The first-order chi connectivity index (χ1) is 8.21. The molecule has 17 heavy (non-hydrogen) atoms. The van der Waals surface area contributed by atoms with E-state index in [0.29, 0.717) is 6.42 Å². The Morgan fingerprint density at radius 2 is 1.76 bits per heavy atom. The molecular formula is C14H21NO2. The zero-order valence-corrected chi connectivity index (χ0v) is 10.9. The van der Waals surface area contributed by atoms with Crippen molar-refractivity contribution in [2.24, 2.45) is 0 Å². The summed E-state index contributed by atoms with van der Waals surface area (Å²) in [6, 6.07) is 8.05. The van der Waals surface area contributed by atoms with Gasteiger partial charge in [-0.05, 0) is 24.2 Å². The van der Waals surface area contributed by atoms with Crippen LogP contribution in [0.25, 0.3) is 0 Å². The molecule has 0 N–H and O–H groups in total. The maximum Gasteiger partial charge on any atom is 0.309 e. The average molecular weight is 235 g/mol. The topological polar surface area (TPSA) is 29.5 Å². The minimum absolute atomic E-state index is 0.183. The fourth-order valence-corrected chi connectivity index (χ4v) is 1.80. The molecule has 0 atom stereocenters. The Bertz CT molecular complexity index is 359. The van der Waals surface area contributed by atoms with Gasteiger partial charge >= 0.3 is 5.97 Å². The van der Waals surface area contributed by atoms with Crippen LogP contribution in [-0.4, -0.2) is 31.1 Å². The van der Waals surface area contributed by atoms with Crippen LogP contribution in [-0.2, 0) is 22.5 Å². The van der Waals surface area contributed by atoms with Crippen LogP contribution in [0.4, 0.5) is 0 Å². The number of benzene rings is 1. The highest BCUT2D eigenvalue weighted by atomic mass is 16.5. The summed E-state index contributed by atoms with van der Waals surface area (Å²) in [5.74, 6) is -0.183. The number of ether oxygens (including phenoxy) is 1. The minimum Gasteiger partial charge on any atom is -0.469 e. The molecule has 1 aromatic carbocycles. The average Bonchev–Trinajstić information content (AvgIpc) is 2.37. The molecule has 0 aromatic heterocycles. The summed E-state index contributed by atoms with van der Waals surface area (Å²) in [5.41, 5.74) is 2.27. The second kappa shape index (κ2) is 7.07. The van der Waals surface area contributed by atoms with Gasteiger partial charge in [0.15, 0.2) is 0 Å². The summed E-state index contributed by atoms with van der Waals surface area (Å²) in [6.45, 7) is 7.21. The lowest BCUT2D eigenvalue weighted by molar-refractivity contribution is -0.139. The molecule has 1 rings (SSSR count). The summed E-state index contributed by atoms with van der Waals surface area (Å²) in [7, 11) is 1.43. The molecule has 0 heterocycles. The summed E-state index contributed by atoms with van der Waals surface area (Å²) >= 11 is 0. The first-order valence-electron chi connectivity index (χ1n) is 6.07. The molecule has 0 saturated carbocycles. The Labute approximate surface area is 103 Å². The molecule has 0 spiro atoms. The van der Waals surface area contributed by atoms with Crippen molar-refractivity contribution in [3.63, 3.8) is 0 Å².